The zero-order chi connectivity index (χ0) is 21.9. The Morgan fingerprint density at radius 1 is 1.33 bits per heavy atom. The molecule has 0 bridgehead atoms. The highest BCUT2D eigenvalue weighted by molar-refractivity contribution is 7.90. The van der Waals surface area contributed by atoms with Crippen molar-refractivity contribution in [2.75, 3.05) is 25.9 Å². The average molecular weight is 452 g/mol. The number of carbonyl (C=O) groups excluding carboxylic acids is 1. The number of piperidine rings is 1. The summed E-state index contributed by atoms with van der Waals surface area (Å²) < 4.78 is 23.8. The molecular weight excluding hydrogens is 426 g/mol. The molecule has 1 aromatic carbocycles. The van der Waals surface area contributed by atoms with Crippen molar-refractivity contribution in [3.8, 4) is 0 Å². The molecule has 1 fully saturated rings. The van der Waals surface area contributed by atoms with Gasteiger partial charge in [0, 0.05) is 35.4 Å². The number of carbonyl (C=O) groups is 1. The monoisotopic (exact) mass is 451 g/mol. The van der Waals surface area contributed by atoms with E-state index in [1.165, 1.54) is 6.07 Å². The van der Waals surface area contributed by atoms with Gasteiger partial charge >= 0.3 is 0 Å². The molecule has 2 aromatic rings. The molecule has 1 aliphatic rings. The lowest BCUT2D eigenvalue weighted by Crippen LogP contribution is -2.41. The topological polar surface area (TPSA) is 110 Å². The lowest BCUT2D eigenvalue weighted by Gasteiger charge is -2.36. The zero-order valence-corrected chi connectivity index (χ0v) is 18.5. The maximum absolute atomic E-state index is 12.8. The quantitative estimate of drug-likeness (QED) is 0.511. The third-order valence-corrected chi connectivity index (χ3v) is 7.44. The first kappa shape index (κ1) is 22.4. The molecule has 8 nitrogen and oxygen atoms in total. The number of nitro benzene ring substituents is 1. The summed E-state index contributed by atoms with van der Waals surface area (Å²) in [5.41, 5.74) is -0.468. The molecule has 0 aliphatic carbocycles. The smallest absolute Gasteiger partial charge is 0.271 e. The molecule has 30 heavy (non-hydrogen) atoms. The largest absolute Gasteiger partial charge is 0.350 e. The van der Waals surface area contributed by atoms with Crippen LogP contribution < -0.4 is 5.32 Å². The summed E-state index contributed by atoms with van der Waals surface area (Å²) in [6, 6.07) is 7.27. The number of rotatable bonds is 7. The van der Waals surface area contributed by atoms with Crippen molar-refractivity contribution in [2.45, 2.75) is 30.7 Å². The average Bonchev–Trinajstić information content (AvgIpc) is 3.22. The number of amides is 1. The van der Waals surface area contributed by atoms with Gasteiger partial charge in [0.15, 0.2) is 9.84 Å². The zero-order valence-electron chi connectivity index (χ0n) is 16.9. The highest BCUT2D eigenvalue weighted by Crippen LogP contribution is 2.29. The molecule has 1 N–H and O–H groups in total. The molecule has 1 aromatic heterocycles. The van der Waals surface area contributed by atoms with Crippen molar-refractivity contribution in [1.29, 1.82) is 0 Å². The molecule has 2 heterocycles. The summed E-state index contributed by atoms with van der Waals surface area (Å²) in [5.74, 6) is 0.148. The summed E-state index contributed by atoms with van der Waals surface area (Å²) in [6.07, 6.45) is 3.15. The van der Waals surface area contributed by atoms with E-state index < -0.39 is 26.4 Å². The van der Waals surface area contributed by atoms with Crippen LogP contribution in [0.25, 0.3) is 0 Å². The van der Waals surface area contributed by atoms with Gasteiger partial charge < -0.3 is 5.32 Å². The summed E-state index contributed by atoms with van der Waals surface area (Å²) in [7, 11) is -3.69. The van der Waals surface area contributed by atoms with E-state index in [2.05, 4.69) is 17.1 Å². The number of sulfone groups is 1. The predicted molar refractivity (Wildman–Crippen MR) is 116 cm³/mol. The van der Waals surface area contributed by atoms with Crippen LogP contribution in [0.5, 0.6) is 0 Å². The first-order chi connectivity index (χ1) is 14.1. The van der Waals surface area contributed by atoms with Crippen LogP contribution in [0.1, 0.15) is 41.0 Å². The van der Waals surface area contributed by atoms with Crippen LogP contribution in [-0.4, -0.2) is 50.0 Å². The Kier molecular flexibility index (Phi) is 6.89. The van der Waals surface area contributed by atoms with Crippen molar-refractivity contribution >= 4 is 32.8 Å². The molecule has 1 amide bonds. The number of nitro groups is 1. The standard InChI is InChI=1S/C20H25N3O5S2/c1-14-5-7-22(8-6-14)18(19-4-3-9-29-19)13-21-20(24)15-10-16(23(25)26)12-17(11-15)30(2,27)28/h3-4,9-12,14,18H,5-8,13H2,1-2H3,(H,21,24). The normalized spacial score (nSPS) is 16.9. The van der Waals surface area contributed by atoms with Crippen molar-refractivity contribution < 1.29 is 18.1 Å². The number of hydrogen-bond donors (Lipinski definition) is 1. The molecule has 0 spiro atoms. The highest BCUT2D eigenvalue weighted by Gasteiger charge is 2.26. The fourth-order valence-electron chi connectivity index (χ4n) is 3.56. The number of nitrogens with zero attached hydrogens (tertiary/aromatic N) is 2. The summed E-state index contributed by atoms with van der Waals surface area (Å²) in [6.45, 7) is 4.45. The molecule has 3 rings (SSSR count). The number of hydrogen-bond acceptors (Lipinski definition) is 7. The van der Waals surface area contributed by atoms with E-state index in [1.54, 1.807) is 11.3 Å². The first-order valence-corrected chi connectivity index (χ1v) is 12.5. The van der Waals surface area contributed by atoms with Gasteiger partial charge in [-0.2, -0.15) is 0 Å². The number of benzene rings is 1. The molecule has 1 saturated heterocycles. The number of nitrogens with one attached hydrogen (secondary N) is 1. The Morgan fingerprint density at radius 3 is 2.60 bits per heavy atom. The van der Waals surface area contributed by atoms with E-state index >= 15 is 0 Å². The minimum absolute atomic E-state index is 0.00882. The highest BCUT2D eigenvalue weighted by atomic mass is 32.2. The number of likely N-dealkylation sites (tertiary alicyclic amines) is 1. The van der Waals surface area contributed by atoms with Crippen LogP contribution in [0, 0.1) is 16.0 Å². The van der Waals surface area contributed by atoms with Gasteiger partial charge in [0.25, 0.3) is 11.6 Å². The predicted octanol–water partition coefficient (Wildman–Crippen LogP) is 3.26. The van der Waals surface area contributed by atoms with Gasteiger partial charge in [-0.1, -0.05) is 13.0 Å². The maximum Gasteiger partial charge on any atom is 0.271 e. The van der Waals surface area contributed by atoms with Gasteiger partial charge in [-0.05, 0) is 49.4 Å². The van der Waals surface area contributed by atoms with Gasteiger partial charge in [-0.15, -0.1) is 11.3 Å². The van der Waals surface area contributed by atoms with Crippen LogP contribution in [0.2, 0.25) is 0 Å². The van der Waals surface area contributed by atoms with Gasteiger partial charge in [0.1, 0.15) is 0 Å². The molecule has 162 valence electrons. The summed E-state index contributed by atoms with van der Waals surface area (Å²) in [5, 5.41) is 16.0. The Labute approximate surface area is 180 Å². The lowest BCUT2D eigenvalue weighted by atomic mass is 9.97. The van der Waals surface area contributed by atoms with Crippen LogP contribution in [0.4, 0.5) is 5.69 Å². The van der Waals surface area contributed by atoms with E-state index in [9.17, 15) is 23.3 Å². The second-order valence-electron chi connectivity index (χ2n) is 7.70. The van der Waals surface area contributed by atoms with Crippen molar-refractivity contribution in [3.63, 3.8) is 0 Å². The third-order valence-electron chi connectivity index (χ3n) is 5.38. The first-order valence-electron chi connectivity index (χ1n) is 9.70. The second-order valence-corrected chi connectivity index (χ2v) is 10.7. The molecule has 1 unspecified atom stereocenters. The van der Waals surface area contributed by atoms with Gasteiger partial charge in [-0.25, -0.2) is 8.42 Å². The molecule has 1 atom stereocenters. The lowest BCUT2D eigenvalue weighted by molar-refractivity contribution is -0.385. The third kappa shape index (κ3) is 5.44. The Bertz CT molecular complexity index is 1010. The fourth-order valence-corrected chi connectivity index (χ4v) is 5.09. The minimum Gasteiger partial charge on any atom is -0.350 e. The van der Waals surface area contributed by atoms with E-state index in [-0.39, 0.29) is 16.5 Å². The summed E-state index contributed by atoms with van der Waals surface area (Å²) >= 11 is 1.62. The van der Waals surface area contributed by atoms with Crippen LogP contribution in [0.3, 0.4) is 0 Å². The Balaban J connectivity index is 1.80. The number of non-ortho nitro benzene ring substituents is 1. The second kappa shape index (κ2) is 9.23. The molecule has 0 saturated carbocycles. The summed E-state index contributed by atoms with van der Waals surface area (Å²) in [4.78, 5) is 26.5. The van der Waals surface area contributed by atoms with Crippen LogP contribution in [0.15, 0.2) is 40.6 Å². The van der Waals surface area contributed by atoms with Crippen molar-refractivity contribution in [1.82, 2.24) is 10.2 Å². The van der Waals surface area contributed by atoms with Crippen molar-refractivity contribution in [2.24, 2.45) is 5.92 Å². The van der Waals surface area contributed by atoms with Crippen molar-refractivity contribution in [3.05, 3.63) is 56.3 Å². The molecule has 10 heteroatoms. The van der Waals surface area contributed by atoms with E-state index in [4.69, 9.17) is 0 Å². The molecular formula is C20H25N3O5S2. The van der Waals surface area contributed by atoms with E-state index in [0.717, 1.165) is 49.2 Å². The van der Waals surface area contributed by atoms with Crippen LogP contribution in [-0.2, 0) is 9.84 Å². The van der Waals surface area contributed by atoms with E-state index in [1.807, 2.05) is 17.5 Å². The molecule has 0 radical (unpaired) electrons. The SMILES string of the molecule is CC1CCN(C(CNC(=O)c2cc([N+](=O)[O-])cc(S(C)(=O)=O)c2)c2cccs2)CC1. The Morgan fingerprint density at radius 2 is 2.03 bits per heavy atom. The van der Waals surface area contributed by atoms with Gasteiger partial charge in [0.2, 0.25) is 0 Å². The minimum atomic E-state index is -3.69. The number of thiophene rings is 1. The van der Waals surface area contributed by atoms with Crippen LogP contribution >= 0.6 is 11.3 Å². The van der Waals surface area contributed by atoms with Gasteiger partial charge in [0.05, 0.1) is 15.9 Å². The fraction of sp³-hybridized carbons (Fsp3) is 0.450. The van der Waals surface area contributed by atoms with Gasteiger partial charge in [-0.3, -0.25) is 19.8 Å². The van der Waals surface area contributed by atoms with E-state index in [0.29, 0.717) is 12.5 Å². The Hall–Kier alpha value is -2.30. The maximum atomic E-state index is 12.8. The molecule has 1 aliphatic heterocycles.